The Hall–Kier alpha value is -1.79. The van der Waals surface area contributed by atoms with Crippen LogP contribution >= 0.6 is 0 Å². The lowest BCUT2D eigenvalue weighted by Gasteiger charge is -2.34. The molecule has 19 heavy (non-hydrogen) atoms. The second-order valence-electron chi connectivity index (χ2n) is 4.72. The quantitative estimate of drug-likeness (QED) is 0.668. The molecular weight excluding hydrogens is 248 g/mol. The smallest absolute Gasteiger partial charge is 0.254 e. The number of hydrogen-bond donors (Lipinski definition) is 3. The van der Waals surface area contributed by atoms with Crippen molar-refractivity contribution in [3.8, 4) is 11.5 Å². The maximum atomic E-state index is 12.3. The number of rotatable bonds is 2. The first-order chi connectivity index (χ1) is 8.99. The van der Waals surface area contributed by atoms with Crippen LogP contribution in [0, 0.1) is 0 Å². The first-order valence-corrected chi connectivity index (χ1v) is 6.17. The van der Waals surface area contributed by atoms with E-state index in [1.54, 1.807) is 4.90 Å². The molecule has 2 atom stereocenters. The average molecular weight is 266 g/mol. The van der Waals surface area contributed by atoms with E-state index in [1.807, 2.05) is 6.92 Å². The molecule has 0 spiro atoms. The van der Waals surface area contributed by atoms with E-state index in [-0.39, 0.29) is 29.6 Å². The van der Waals surface area contributed by atoms with Gasteiger partial charge in [0, 0.05) is 24.7 Å². The summed E-state index contributed by atoms with van der Waals surface area (Å²) in [5.74, 6) is -0.751. The number of carbonyl (C=O) groups is 1. The second-order valence-corrected chi connectivity index (χ2v) is 4.72. The summed E-state index contributed by atoms with van der Waals surface area (Å²) in [5, 5.41) is 18.7. The zero-order valence-corrected chi connectivity index (χ0v) is 10.7. The summed E-state index contributed by atoms with van der Waals surface area (Å²) in [6.45, 7) is 3.20. The summed E-state index contributed by atoms with van der Waals surface area (Å²) in [4.78, 5) is 13.9. The van der Waals surface area contributed by atoms with Crippen LogP contribution in [0.1, 0.15) is 17.3 Å². The Labute approximate surface area is 111 Å². The lowest BCUT2D eigenvalue weighted by atomic mass is 10.1. The molecule has 6 heteroatoms. The standard InChI is InChI=1S/C13H18N2O4/c1-8(14)12-7-15(4-5-19-12)13(18)9-2-3-10(16)11(17)6-9/h2-3,6,8,12,16-17H,4-5,7,14H2,1H3. The van der Waals surface area contributed by atoms with Crippen molar-refractivity contribution in [1.29, 1.82) is 0 Å². The first kappa shape index (κ1) is 13.6. The zero-order valence-electron chi connectivity index (χ0n) is 10.7. The molecule has 0 saturated carbocycles. The van der Waals surface area contributed by atoms with Crippen molar-refractivity contribution in [3.63, 3.8) is 0 Å². The third kappa shape index (κ3) is 2.97. The highest BCUT2D eigenvalue weighted by atomic mass is 16.5. The lowest BCUT2D eigenvalue weighted by Crippen LogP contribution is -2.51. The van der Waals surface area contributed by atoms with Crippen LogP contribution in [0.2, 0.25) is 0 Å². The van der Waals surface area contributed by atoms with Gasteiger partial charge >= 0.3 is 0 Å². The predicted molar refractivity (Wildman–Crippen MR) is 69.1 cm³/mol. The van der Waals surface area contributed by atoms with Crippen LogP contribution in [0.15, 0.2) is 18.2 Å². The molecule has 0 bridgehead atoms. The van der Waals surface area contributed by atoms with Crippen LogP contribution in [0.25, 0.3) is 0 Å². The third-order valence-corrected chi connectivity index (χ3v) is 3.19. The molecule has 2 unspecified atom stereocenters. The fraction of sp³-hybridized carbons (Fsp3) is 0.462. The molecule has 0 aliphatic carbocycles. The van der Waals surface area contributed by atoms with Crippen molar-refractivity contribution in [2.75, 3.05) is 19.7 Å². The molecule has 1 amide bonds. The van der Waals surface area contributed by atoms with Crippen molar-refractivity contribution >= 4 is 5.91 Å². The first-order valence-electron chi connectivity index (χ1n) is 6.17. The van der Waals surface area contributed by atoms with Gasteiger partial charge in [0.25, 0.3) is 5.91 Å². The summed E-state index contributed by atoms with van der Waals surface area (Å²) in [5.41, 5.74) is 6.11. The summed E-state index contributed by atoms with van der Waals surface area (Å²) in [6, 6.07) is 3.89. The van der Waals surface area contributed by atoms with Crippen molar-refractivity contribution in [1.82, 2.24) is 4.90 Å². The number of benzene rings is 1. The Balaban J connectivity index is 2.12. The molecule has 1 aromatic rings. The van der Waals surface area contributed by atoms with Crippen molar-refractivity contribution in [3.05, 3.63) is 23.8 Å². The van der Waals surface area contributed by atoms with Gasteiger partial charge in [-0.15, -0.1) is 0 Å². The lowest BCUT2D eigenvalue weighted by molar-refractivity contribution is -0.0300. The maximum Gasteiger partial charge on any atom is 0.254 e. The fourth-order valence-electron chi connectivity index (χ4n) is 2.02. The minimum Gasteiger partial charge on any atom is -0.504 e. The van der Waals surface area contributed by atoms with Gasteiger partial charge in [0.2, 0.25) is 0 Å². The monoisotopic (exact) mass is 266 g/mol. The predicted octanol–water partition coefficient (Wildman–Crippen LogP) is 0.286. The molecule has 1 fully saturated rings. The van der Waals surface area contributed by atoms with E-state index in [2.05, 4.69) is 0 Å². The fourth-order valence-corrected chi connectivity index (χ4v) is 2.02. The van der Waals surface area contributed by atoms with Crippen LogP contribution in [0.5, 0.6) is 11.5 Å². The van der Waals surface area contributed by atoms with Gasteiger partial charge in [0.05, 0.1) is 12.7 Å². The second kappa shape index (κ2) is 5.46. The maximum absolute atomic E-state index is 12.3. The molecular formula is C13H18N2O4. The normalized spacial score (nSPS) is 21.2. The number of phenolic OH excluding ortho intramolecular Hbond substituents is 2. The number of nitrogens with zero attached hydrogens (tertiary/aromatic N) is 1. The van der Waals surface area contributed by atoms with Crippen molar-refractivity contribution < 1.29 is 19.7 Å². The summed E-state index contributed by atoms with van der Waals surface area (Å²) >= 11 is 0. The summed E-state index contributed by atoms with van der Waals surface area (Å²) in [7, 11) is 0. The minimum atomic E-state index is -0.303. The number of ether oxygens (including phenoxy) is 1. The Morgan fingerprint density at radius 2 is 2.21 bits per heavy atom. The molecule has 1 saturated heterocycles. The Kier molecular flexibility index (Phi) is 3.92. The summed E-state index contributed by atoms with van der Waals surface area (Å²) in [6.07, 6.45) is -0.177. The number of hydrogen-bond acceptors (Lipinski definition) is 5. The van der Waals surface area contributed by atoms with Crippen molar-refractivity contribution in [2.24, 2.45) is 5.73 Å². The minimum absolute atomic E-state index is 0.149. The number of carbonyl (C=O) groups excluding carboxylic acids is 1. The van der Waals surface area contributed by atoms with Gasteiger partial charge in [-0.25, -0.2) is 0 Å². The zero-order chi connectivity index (χ0) is 14.0. The molecule has 104 valence electrons. The van der Waals surface area contributed by atoms with Gasteiger partial charge < -0.3 is 25.6 Å². The van der Waals surface area contributed by atoms with E-state index in [4.69, 9.17) is 10.5 Å². The van der Waals surface area contributed by atoms with E-state index in [9.17, 15) is 15.0 Å². The van der Waals surface area contributed by atoms with Gasteiger partial charge in [0.15, 0.2) is 11.5 Å². The van der Waals surface area contributed by atoms with E-state index in [0.29, 0.717) is 25.3 Å². The molecule has 0 radical (unpaired) electrons. The largest absolute Gasteiger partial charge is 0.504 e. The molecule has 0 aromatic heterocycles. The van der Waals surface area contributed by atoms with Crippen LogP contribution in [-0.4, -0.2) is 52.9 Å². The number of phenols is 2. The number of amides is 1. The highest BCUT2D eigenvalue weighted by Crippen LogP contribution is 2.25. The molecule has 2 rings (SSSR count). The topological polar surface area (TPSA) is 96.0 Å². The van der Waals surface area contributed by atoms with E-state index in [1.165, 1.54) is 18.2 Å². The number of nitrogens with two attached hydrogens (primary N) is 1. The van der Waals surface area contributed by atoms with Crippen LogP contribution < -0.4 is 5.73 Å². The molecule has 1 aliphatic rings. The Morgan fingerprint density at radius 3 is 2.84 bits per heavy atom. The van der Waals surface area contributed by atoms with E-state index < -0.39 is 0 Å². The summed E-state index contributed by atoms with van der Waals surface area (Å²) < 4.78 is 5.49. The number of morpholine rings is 1. The van der Waals surface area contributed by atoms with Crippen LogP contribution in [-0.2, 0) is 4.74 Å². The molecule has 4 N–H and O–H groups in total. The van der Waals surface area contributed by atoms with Gasteiger partial charge in [0.1, 0.15) is 0 Å². The van der Waals surface area contributed by atoms with Gasteiger partial charge in [-0.05, 0) is 25.1 Å². The van der Waals surface area contributed by atoms with Crippen LogP contribution in [0.4, 0.5) is 0 Å². The van der Waals surface area contributed by atoms with Crippen molar-refractivity contribution in [2.45, 2.75) is 19.1 Å². The molecule has 1 aromatic carbocycles. The highest BCUT2D eigenvalue weighted by molar-refractivity contribution is 5.95. The van der Waals surface area contributed by atoms with Crippen LogP contribution in [0.3, 0.4) is 0 Å². The Morgan fingerprint density at radius 1 is 1.47 bits per heavy atom. The molecule has 1 aliphatic heterocycles. The SMILES string of the molecule is CC(N)C1CN(C(=O)c2ccc(O)c(O)c2)CCO1. The van der Waals surface area contributed by atoms with Gasteiger partial charge in [-0.3, -0.25) is 4.79 Å². The van der Waals surface area contributed by atoms with Gasteiger partial charge in [-0.2, -0.15) is 0 Å². The third-order valence-electron chi connectivity index (χ3n) is 3.19. The molecule has 6 nitrogen and oxygen atoms in total. The van der Waals surface area contributed by atoms with E-state index >= 15 is 0 Å². The number of aromatic hydroxyl groups is 2. The average Bonchev–Trinajstić information content (AvgIpc) is 2.41. The Bertz CT molecular complexity index is 476. The van der Waals surface area contributed by atoms with Gasteiger partial charge in [-0.1, -0.05) is 0 Å². The van der Waals surface area contributed by atoms with E-state index in [0.717, 1.165) is 0 Å². The highest BCUT2D eigenvalue weighted by Gasteiger charge is 2.27. The molecule has 1 heterocycles.